The summed E-state index contributed by atoms with van der Waals surface area (Å²) in [5.74, 6) is 0.102. The maximum Gasteiger partial charge on any atom is 0.509 e. The van der Waals surface area contributed by atoms with E-state index in [1.807, 2.05) is 0 Å². The number of hydrogen-bond donors (Lipinski definition) is 0. The molecular formula is C10H13BF3O3S-. The molecule has 1 rings (SSSR count). The molecule has 0 saturated carbocycles. The second-order valence-electron chi connectivity index (χ2n) is 3.73. The molecule has 0 aliphatic carbocycles. The van der Waals surface area contributed by atoms with E-state index in [-0.39, 0.29) is 23.9 Å². The number of hydrogen-bond acceptors (Lipinski definition) is 3. The highest BCUT2D eigenvalue weighted by Gasteiger charge is 2.24. The lowest BCUT2D eigenvalue weighted by atomic mass is 9.80. The minimum Gasteiger partial charge on any atom is -0.493 e. The van der Waals surface area contributed by atoms with E-state index in [0.717, 1.165) is 12.1 Å². The molecule has 0 saturated heterocycles. The zero-order valence-corrected chi connectivity index (χ0v) is 10.6. The third kappa shape index (κ3) is 4.60. The smallest absolute Gasteiger partial charge is 0.493 e. The Morgan fingerprint density at radius 2 is 1.72 bits per heavy atom. The van der Waals surface area contributed by atoms with Crippen LogP contribution in [-0.2, 0) is 9.84 Å². The van der Waals surface area contributed by atoms with E-state index in [2.05, 4.69) is 0 Å². The molecule has 0 N–H and O–H groups in total. The van der Waals surface area contributed by atoms with Crippen molar-refractivity contribution in [2.75, 3.05) is 18.1 Å². The van der Waals surface area contributed by atoms with Gasteiger partial charge >= 0.3 is 6.98 Å². The molecule has 0 aromatic heterocycles. The van der Waals surface area contributed by atoms with E-state index >= 15 is 0 Å². The second-order valence-corrected chi connectivity index (χ2v) is 6.20. The minimum atomic E-state index is -5.01. The average Bonchev–Trinajstić information content (AvgIpc) is 2.28. The summed E-state index contributed by atoms with van der Waals surface area (Å²) >= 11 is 0. The lowest BCUT2D eigenvalue weighted by Gasteiger charge is -2.15. The van der Waals surface area contributed by atoms with Crippen molar-refractivity contribution in [2.24, 2.45) is 0 Å². The van der Waals surface area contributed by atoms with Gasteiger partial charge in [0.1, 0.15) is 12.4 Å². The van der Waals surface area contributed by atoms with Gasteiger partial charge in [-0.15, -0.1) is 5.46 Å². The molecule has 102 valence electrons. The molecule has 0 fully saturated rings. The van der Waals surface area contributed by atoms with Crippen LogP contribution >= 0.6 is 0 Å². The third-order valence-corrected chi connectivity index (χ3v) is 4.03. The zero-order chi connectivity index (χ0) is 13.8. The SMILES string of the molecule is CCS(=O)(=O)CCOc1ccc([B-](F)(F)F)cc1. The predicted octanol–water partition coefficient (Wildman–Crippen LogP) is 1.55. The van der Waals surface area contributed by atoms with E-state index in [4.69, 9.17) is 4.74 Å². The van der Waals surface area contributed by atoms with Crippen LogP contribution in [0.5, 0.6) is 5.75 Å². The minimum absolute atomic E-state index is 0.0197. The Morgan fingerprint density at radius 1 is 1.17 bits per heavy atom. The first-order valence-corrected chi connectivity index (χ1v) is 7.20. The monoisotopic (exact) mass is 281 g/mol. The third-order valence-electron chi connectivity index (χ3n) is 2.36. The van der Waals surface area contributed by atoms with E-state index in [1.54, 1.807) is 0 Å². The largest absolute Gasteiger partial charge is 0.509 e. The van der Waals surface area contributed by atoms with Gasteiger partial charge in [0, 0.05) is 5.75 Å². The first-order chi connectivity index (χ1) is 8.24. The van der Waals surface area contributed by atoms with Crippen LogP contribution < -0.4 is 10.2 Å². The summed E-state index contributed by atoms with van der Waals surface area (Å²) in [6.07, 6.45) is 0. The Balaban J connectivity index is 2.55. The first-order valence-electron chi connectivity index (χ1n) is 5.38. The number of halogens is 3. The number of sulfone groups is 1. The fourth-order valence-corrected chi connectivity index (χ4v) is 1.84. The summed E-state index contributed by atoms with van der Waals surface area (Å²) in [6, 6.07) is 4.21. The summed E-state index contributed by atoms with van der Waals surface area (Å²) in [6.45, 7) is -3.55. The van der Waals surface area contributed by atoms with Crippen LogP contribution in [-0.4, -0.2) is 33.5 Å². The normalized spacial score (nSPS) is 12.4. The van der Waals surface area contributed by atoms with Gasteiger partial charge in [-0.2, -0.15) is 0 Å². The highest BCUT2D eigenvalue weighted by atomic mass is 32.2. The van der Waals surface area contributed by atoms with Crippen molar-refractivity contribution in [3.05, 3.63) is 24.3 Å². The van der Waals surface area contributed by atoms with E-state index in [0.29, 0.717) is 0 Å². The molecule has 3 nitrogen and oxygen atoms in total. The van der Waals surface area contributed by atoms with Gasteiger partial charge in [-0.25, -0.2) is 8.42 Å². The van der Waals surface area contributed by atoms with Crippen LogP contribution in [0.2, 0.25) is 0 Å². The molecule has 1 aromatic carbocycles. The van der Waals surface area contributed by atoms with Gasteiger partial charge in [0.2, 0.25) is 0 Å². The van der Waals surface area contributed by atoms with Gasteiger partial charge in [0.15, 0.2) is 9.84 Å². The molecule has 0 aliphatic rings. The molecule has 8 heteroatoms. The molecule has 0 atom stereocenters. The van der Waals surface area contributed by atoms with Gasteiger partial charge in [-0.1, -0.05) is 19.1 Å². The first kappa shape index (κ1) is 14.9. The van der Waals surface area contributed by atoms with Crippen molar-refractivity contribution in [3.8, 4) is 5.75 Å². The Hall–Kier alpha value is -1.18. The van der Waals surface area contributed by atoms with Crippen LogP contribution in [0.25, 0.3) is 0 Å². The van der Waals surface area contributed by atoms with Crippen molar-refractivity contribution in [1.29, 1.82) is 0 Å². The second kappa shape index (κ2) is 5.64. The van der Waals surface area contributed by atoms with Crippen LogP contribution in [0.15, 0.2) is 24.3 Å². The number of rotatable bonds is 6. The number of ether oxygens (including phenoxy) is 1. The van der Waals surface area contributed by atoms with Gasteiger partial charge in [-0.3, -0.25) is 0 Å². The molecule has 0 aliphatic heterocycles. The maximum atomic E-state index is 12.3. The molecule has 0 bridgehead atoms. The van der Waals surface area contributed by atoms with E-state index in [9.17, 15) is 21.4 Å². The summed E-state index contributed by atoms with van der Waals surface area (Å²) < 4.78 is 64.3. The van der Waals surface area contributed by atoms with Crippen molar-refractivity contribution in [1.82, 2.24) is 0 Å². The Bertz CT molecular complexity index is 482. The predicted molar refractivity (Wildman–Crippen MR) is 65.0 cm³/mol. The molecule has 0 spiro atoms. The highest BCUT2D eigenvalue weighted by Crippen LogP contribution is 2.13. The van der Waals surface area contributed by atoms with E-state index in [1.165, 1.54) is 19.1 Å². The average molecular weight is 281 g/mol. The molecule has 0 unspecified atom stereocenters. The summed E-state index contributed by atoms with van der Waals surface area (Å²) in [5.41, 5.74) is -0.705. The van der Waals surface area contributed by atoms with Crippen molar-refractivity contribution < 1.29 is 26.1 Å². The van der Waals surface area contributed by atoms with Crippen molar-refractivity contribution >= 4 is 22.3 Å². The molecule has 0 amide bonds. The van der Waals surface area contributed by atoms with Crippen molar-refractivity contribution in [2.45, 2.75) is 6.92 Å². The quantitative estimate of drug-likeness (QED) is 0.743. The number of benzene rings is 1. The summed E-state index contributed by atoms with van der Waals surface area (Å²) in [5, 5.41) is 0. The van der Waals surface area contributed by atoms with Crippen LogP contribution in [0.3, 0.4) is 0 Å². The molecule has 18 heavy (non-hydrogen) atoms. The molecule has 0 radical (unpaired) electrons. The van der Waals surface area contributed by atoms with Gasteiger partial charge in [0.25, 0.3) is 0 Å². The fourth-order valence-electron chi connectivity index (χ4n) is 1.21. The standard InChI is InChI=1S/C10H13BF3O3S/c1-2-18(15,16)8-7-17-10-5-3-9(4-6-10)11(12,13)14/h3-6H,2,7-8H2,1H3/q-1. The van der Waals surface area contributed by atoms with Gasteiger partial charge < -0.3 is 17.7 Å². The topological polar surface area (TPSA) is 43.4 Å². The zero-order valence-electron chi connectivity index (χ0n) is 9.77. The summed E-state index contributed by atoms with van der Waals surface area (Å²) in [4.78, 5) is 0. The molecule has 1 aromatic rings. The van der Waals surface area contributed by atoms with Crippen molar-refractivity contribution in [3.63, 3.8) is 0 Å². The van der Waals surface area contributed by atoms with Crippen LogP contribution in [0.1, 0.15) is 6.92 Å². The highest BCUT2D eigenvalue weighted by molar-refractivity contribution is 7.91. The molecule has 0 heterocycles. The van der Waals surface area contributed by atoms with Crippen LogP contribution in [0, 0.1) is 0 Å². The Kier molecular flexibility index (Phi) is 4.67. The lowest BCUT2D eigenvalue weighted by molar-refractivity contribution is 0.341. The Labute approximate surface area is 104 Å². The maximum absolute atomic E-state index is 12.3. The van der Waals surface area contributed by atoms with Crippen LogP contribution in [0.4, 0.5) is 12.9 Å². The van der Waals surface area contributed by atoms with Gasteiger partial charge in [0.05, 0.1) is 5.75 Å². The lowest BCUT2D eigenvalue weighted by Crippen LogP contribution is -2.33. The fraction of sp³-hybridized carbons (Fsp3) is 0.400. The summed E-state index contributed by atoms with van der Waals surface area (Å²) in [7, 11) is -3.12. The molecular weight excluding hydrogens is 268 g/mol. The van der Waals surface area contributed by atoms with E-state index < -0.39 is 22.3 Å². The Morgan fingerprint density at radius 3 is 2.17 bits per heavy atom. The van der Waals surface area contributed by atoms with Gasteiger partial charge in [-0.05, 0) is 12.1 Å².